The van der Waals surface area contributed by atoms with E-state index >= 15 is 0 Å². The molecule has 1 N–H and O–H groups in total. The Bertz CT molecular complexity index is 989. The summed E-state index contributed by atoms with van der Waals surface area (Å²) in [6.07, 6.45) is 0.135. The molecule has 2 aromatic rings. The van der Waals surface area contributed by atoms with Crippen LogP contribution >= 0.6 is 0 Å². The van der Waals surface area contributed by atoms with Gasteiger partial charge in [0.05, 0.1) is 10.9 Å². The van der Waals surface area contributed by atoms with Crippen molar-refractivity contribution in [3.05, 3.63) is 59.9 Å². The lowest BCUT2D eigenvalue weighted by atomic mass is 10.2. The zero-order valence-electron chi connectivity index (χ0n) is 15.4. The van der Waals surface area contributed by atoms with Crippen LogP contribution in [0.15, 0.2) is 53.4 Å². The fourth-order valence-corrected chi connectivity index (χ4v) is 3.83. The highest BCUT2D eigenvalue weighted by atomic mass is 32.2. The van der Waals surface area contributed by atoms with Crippen LogP contribution in [0.4, 0.5) is 10.1 Å². The molecule has 1 heterocycles. The molecule has 0 radical (unpaired) electrons. The van der Waals surface area contributed by atoms with Gasteiger partial charge in [0.15, 0.2) is 0 Å². The maximum Gasteiger partial charge on any atom is 0.251 e. The van der Waals surface area contributed by atoms with Gasteiger partial charge < -0.3 is 10.2 Å². The molecule has 0 spiro atoms. The average molecular weight is 405 g/mol. The SMILES string of the molecule is CN(C)S(=O)(=O)c1ccc(C(=O)NC2CC(=O)N(c3ccc(F)cc3)C2)cc1. The van der Waals surface area contributed by atoms with Crippen molar-refractivity contribution >= 4 is 27.5 Å². The van der Waals surface area contributed by atoms with Crippen molar-refractivity contribution in [2.24, 2.45) is 0 Å². The summed E-state index contributed by atoms with van der Waals surface area (Å²) < 4.78 is 38.3. The van der Waals surface area contributed by atoms with Crippen molar-refractivity contribution in [2.45, 2.75) is 17.4 Å². The van der Waals surface area contributed by atoms with Crippen molar-refractivity contribution in [3.8, 4) is 0 Å². The second-order valence-corrected chi connectivity index (χ2v) is 8.82. The Morgan fingerprint density at radius 2 is 1.71 bits per heavy atom. The highest BCUT2D eigenvalue weighted by Crippen LogP contribution is 2.22. The van der Waals surface area contributed by atoms with E-state index < -0.39 is 22.0 Å². The van der Waals surface area contributed by atoms with Crippen LogP contribution in [0.1, 0.15) is 16.8 Å². The lowest BCUT2D eigenvalue weighted by Gasteiger charge is -2.17. The molecular formula is C19H20FN3O4S. The monoisotopic (exact) mass is 405 g/mol. The number of nitrogens with one attached hydrogen (secondary N) is 1. The van der Waals surface area contributed by atoms with Crippen molar-refractivity contribution in [2.75, 3.05) is 25.5 Å². The minimum absolute atomic E-state index is 0.0904. The van der Waals surface area contributed by atoms with E-state index in [1.54, 1.807) is 0 Å². The number of carbonyl (C=O) groups excluding carboxylic acids is 2. The number of anilines is 1. The molecule has 0 saturated carbocycles. The van der Waals surface area contributed by atoms with E-state index in [1.807, 2.05) is 0 Å². The summed E-state index contributed by atoms with van der Waals surface area (Å²) in [6.45, 7) is 0.281. The third-order valence-electron chi connectivity index (χ3n) is 4.49. The largest absolute Gasteiger partial charge is 0.347 e. The van der Waals surface area contributed by atoms with Crippen LogP contribution in [0, 0.1) is 5.82 Å². The van der Waals surface area contributed by atoms with E-state index in [0.29, 0.717) is 11.3 Å². The van der Waals surface area contributed by atoms with Gasteiger partial charge in [-0.05, 0) is 48.5 Å². The van der Waals surface area contributed by atoms with E-state index in [9.17, 15) is 22.4 Å². The second kappa shape index (κ2) is 7.69. The highest BCUT2D eigenvalue weighted by Gasteiger charge is 2.31. The van der Waals surface area contributed by atoms with Gasteiger partial charge in [-0.2, -0.15) is 0 Å². The molecule has 9 heteroatoms. The second-order valence-electron chi connectivity index (χ2n) is 6.67. The number of hydrogen-bond donors (Lipinski definition) is 1. The molecule has 1 aliphatic heterocycles. The maximum absolute atomic E-state index is 13.1. The van der Waals surface area contributed by atoms with Gasteiger partial charge in [0.25, 0.3) is 5.91 Å². The Hall–Kier alpha value is -2.78. The Kier molecular flexibility index (Phi) is 5.48. The van der Waals surface area contributed by atoms with E-state index in [1.165, 1.54) is 67.5 Å². The summed E-state index contributed by atoms with van der Waals surface area (Å²) in [6, 6.07) is 10.8. The van der Waals surface area contributed by atoms with Crippen LogP contribution in [0.2, 0.25) is 0 Å². The van der Waals surface area contributed by atoms with Gasteiger partial charge in [-0.1, -0.05) is 0 Å². The molecule has 1 saturated heterocycles. The van der Waals surface area contributed by atoms with Gasteiger partial charge in [-0.3, -0.25) is 9.59 Å². The lowest BCUT2D eigenvalue weighted by Crippen LogP contribution is -2.37. The van der Waals surface area contributed by atoms with Gasteiger partial charge in [-0.15, -0.1) is 0 Å². The summed E-state index contributed by atoms with van der Waals surface area (Å²) >= 11 is 0. The summed E-state index contributed by atoms with van der Waals surface area (Å²) in [4.78, 5) is 26.2. The van der Waals surface area contributed by atoms with Crippen molar-refractivity contribution in [1.29, 1.82) is 0 Å². The standard InChI is InChI=1S/C19H20FN3O4S/c1-22(2)28(26,27)17-9-3-13(4-10-17)19(25)21-15-11-18(24)23(12-15)16-7-5-14(20)6-8-16/h3-10,15H,11-12H2,1-2H3,(H,21,25). The summed E-state index contributed by atoms with van der Waals surface area (Å²) in [7, 11) is -0.705. The molecule has 0 bridgehead atoms. The fourth-order valence-electron chi connectivity index (χ4n) is 2.93. The van der Waals surface area contributed by atoms with Crippen LogP contribution in [0.3, 0.4) is 0 Å². The zero-order valence-corrected chi connectivity index (χ0v) is 16.2. The smallest absolute Gasteiger partial charge is 0.251 e. The molecule has 28 heavy (non-hydrogen) atoms. The topological polar surface area (TPSA) is 86.8 Å². The van der Waals surface area contributed by atoms with Gasteiger partial charge in [0.1, 0.15) is 5.82 Å². The molecule has 3 rings (SSSR count). The lowest BCUT2D eigenvalue weighted by molar-refractivity contribution is -0.117. The summed E-state index contributed by atoms with van der Waals surface area (Å²) in [5.74, 6) is -0.947. The minimum Gasteiger partial charge on any atom is -0.347 e. The number of sulfonamides is 1. The van der Waals surface area contributed by atoms with Crippen LogP contribution in [0.25, 0.3) is 0 Å². The first-order valence-electron chi connectivity index (χ1n) is 8.58. The Morgan fingerprint density at radius 3 is 2.29 bits per heavy atom. The first-order chi connectivity index (χ1) is 13.2. The van der Waals surface area contributed by atoms with E-state index in [0.717, 1.165) is 4.31 Å². The summed E-state index contributed by atoms with van der Waals surface area (Å²) in [5.41, 5.74) is 0.867. The van der Waals surface area contributed by atoms with Crippen LogP contribution in [-0.4, -0.2) is 51.2 Å². The average Bonchev–Trinajstić information content (AvgIpc) is 3.02. The number of halogens is 1. The Morgan fingerprint density at radius 1 is 1.11 bits per heavy atom. The zero-order chi connectivity index (χ0) is 20.5. The number of carbonyl (C=O) groups is 2. The molecular weight excluding hydrogens is 385 g/mol. The third-order valence-corrected chi connectivity index (χ3v) is 6.32. The first kappa shape index (κ1) is 20.0. The number of amides is 2. The Balaban J connectivity index is 1.67. The maximum atomic E-state index is 13.1. The van der Waals surface area contributed by atoms with E-state index in [4.69, 9.17) is 0 Å². The highest BCUT2D eigenvalue weighted by molar-refractivity contribution is 7.89. The molecule has 148 valence electrons. The fraction of sp³-hybridized carbons (Fsp3) is 0.263. The first-order valence-corrected chi connectivity index (χ1v) is 10.0. The summed E-state index contributed by atoms with van der Waals surface area (Å²) in [5, 5.41) is 2.78. The molecule has 1 atom stereocenters. The van der Waals surface area contributed by atoms with Crippen molar-refractivity contribution in [3.63, 3.8) is 0 Å². The van der Waals surface area contributed by atoms with Gasteiger partial charge >= 0.3 is 0 Å². The molecule has 1 fully saturated rings. The Labute approximate surface area is 162 Å². The van der Waals surface area contributed by atoms with Crippen molar-refractivity contribution < 1.29 is 22.4 Å². The predicted octanol–water partition coefficient (Wildman–Crippen LogP) is 1.61. The number of rotatable bonds is 5. The molecule has 0 aliphatic carbocycles. The quantitative estimate of drug-likeness (QED) is 0.819. The molecule has 2 amide bonds. The van der Waals surface area contributed by atoms with Gasteiger partial charge in [0.2, 0.25) is 15.9 Å². The van der Waals surface area contributed by atoms with Gasteiger partial charge in [-0.25, -0.2) is 17.1 Å². The number of hydrogen-bond acceptors (Lipinski definition) is 4. The molecule has 1 aliphatic rings. The third kappa shape index (κ3) is 4.05. The molecule has 0 aromatic heterocycles. The van der Waals surface area contributed by atoms with Crippen molar-refractivity contribution in [1.82, 2.24) is 9.62 Å². The predicted molar refractivity (Wildman–Crippen MR) is 102 cm³/mol. The molecule has 2 aromatic carbocycles. The van der Waals surface area contributed by atoms with Crippen LogP contribution in [0.5, 0.6) is 0 Å². The minimum atomic E-state index is -3.57. The molecule has 7 nitrogen and oxygen atoms in total. The number of benzene rings is 2. The van der Waals surface area contributed by atoms with Gasteiger partial charge in [0, 0.05) is 38.3 Å². The van der Waals surface area contributed by atoms with Crippen LogP contribution < -0.4 is 10.2 Å². The van der Waals surface area contributed by atoms with Crippen LogP contribution in [-0.2, 0) is 14.8 Å². The number of nitrogens with zero attached hydrogens (tertiary/aromatic N) is 2. The normalized spacial score (nSPS) is 17.2. The van der Waals surface area contributed by atoms with E-state index in [2.05, 4.69) is 5.32 Å². The molecule has 1 unspecified atom stereocenters. The van der Waals surface area contributed by atoms with E-state index in [-0.39, 0.29) is 29.6 Å².